The van der Waals surface area contributed by atoms with Crippen molar-refractivity contribution in [2.75, 3.05) is 25.1 Å². The number of carbonyl (C=O) groups is 1. The van der Waals surface area contributed by atoms with Gasteiger partial charge in [-0.3, -0.25) is 4.79 Å². The molecule has 3 aromatic rings. The van der Waals surface area contributed by atoms with Gasteiger partial charge in [-0.05, 0) is 42.7 Å². The van der Waals surface area contributed by atoms with Gasteiger partial charge in [0.2, 0.25) is 5.89 Å². The second-order valence-electron chi connectivity index (χ2n) is 6.66. The molecule has 0 bridgehead atoms. The second kappa shape index (κ2) is 8.12. The third-order valence-electron chi connectivity index (χ3n) is 4.81. The Morgan fingerprint density at radius 1 is 1.07 bits per heavy atom. The molecule has 0 aliphatic carbocycles. The Morgan fingerprint density at radius 3 is 2.46 bits per heavy atom. The SMILES string of the molecule is COc1ccc(C(=O)NC(c2ccccc2)c2nnc(N3CCCC3)o2)cc1. The van der Waals surface area contributed by atoms with Crippen LogP contribution in [0.1, 0.15) is 40.7 Å². The molecule has 144 valence electrons. The van der Waals surface area contributed by atoms with Crippen LogP contribution in [0.3, 0.4) is 0 Å². The fourth-order valence-corrected chi connectivity index (χ4v) is 3.27. The van der Waals surface area contributed by atoms with Crippen LogP contribution in [-0.2, 0) is 0 Å². The molecule has 1 N–H and O–H groups in total. The molecule has 2 heterocycles. The topological polar surface area (TPSA) is 80.5 Å². The van der Waals surface area contributed by atoms with Crippen LogP contribution in [0.25, 0.3) is 0 Å². The Balaban J connectivity index is 1.59. The molecule has 4 rings (SSSR count). The van der Waals surface area contributed by atoms with Crippen molar-refractivity contribution in [2.45, 2.75) is 18.9 Å². The Hall–Kier alpha value is -3.35. The summed E-state index contributed by atoms with van der Waals surface area (Å²) < 4.78 is 11.1. The van der Waals surface area contributed by atoms with Crippen molar-refractivity contribution < 1.29 is 13.9 Å². The van der Waals surface area contributed by atoms with Crippen LogP contribution in [0.4, 0.5) is 6.01 Å². The van der Waals surface area contributed by atoms with E-state index in [4.69, 9.17) is 9.15 Å². The number of carbonyl (C=O) groups excluding carboxylic acids is 1. The molecule has 1 atom stereocenters. The van der Waals surface area contributed by atoms with E-state index < -0.39 is 6.04 Å². The van der Waals surface area contributed by atoms with Gasteiger partial charge in [0.15, 0.2) is 0 Å². The molecule has 0 spiro atoms. The number of rotatable bonds is 6. The lowest BCUT2D eigenvalue weighted by molar-refractivity contribution is 0.0938. The average molecular weight is 378 g/mol. The summed E-state index contributed by atoms with van der Waals surface area (Å²) in [5, 5.41) is 11.4. The molecule has 0 saturated carbocycles. The molecule has 1 unspecified atom stereocenters. The molecule has 1 fully saturated rings. The zero-order valence-corrected chi connectivity index (χ0v) is 15.7. The van der Waals surface area contributed by atoms with E-state index in [0.717, 1.165) is 31.5 Å². The molecule has 1 saturated heterocycles. The van der Waals surface area contributed by atoms with Crippen LogP contribution in [0.5, 0.6) is 5.75 Å². The second-order valence-corrected chi connectivity index (χ2v) is 6.66. The van der Waals surface area contributed by atoms with Gasteiger partial charge in [-0.15, -0.1) is 5.10 Å². The van der Waals surface area contributed by atoms with Crippen molar-refractivity contribution in [1.29, 1.82) is 0 Å². The number of amides is 1. The molecule has 0 radical (unpaired) electrons. The van der Waals surface area contributed by atoms with Gasteiger partial charge >= 0.3 is 6.01 Å². The van der Waals surface area contributed by atoms with Gasteiger partial charge in [-0.25, -0.2) is 0 Å². The molecular weight excluding hydrogens is 356 g/mol. The minimum atomic E-state index is -0.528. The van der Waals surface area contributed by atoms with Gasteiger partial charge in [0.05, 0.1) is 7.11 Å². The van der Waals surface area contributed by atoms with Gasteiger partial charge in [-0.2, -0.15) is 0 Å². The van der Waals surface area contributed by atoms with Crippen molar-refractivity contribution >= 4 is 11.9 Å². The lowest BCUT2D eigenvalue weighted by Gasteiger charge is -2.16. The molecule has 2 aromatic carbocycles. The average Bonchev–Trinajstić information content (AvgIpc) is 3.44. The zero-order chi connectivity index (χ0) is 19.3. The normalized spacial score (nSPS) is 14.7. The molecule has 1 aliphatic heterocycles. The highest BCUT2D eigenvalue weighted by Gasteiger charge is 2.26. The van der Waals surface area contributed by atoms with Crippen LogP contribution in [-0.4, -0.2) is 36.3 Å². The summed E-state index contributed by atoms with van der Waals surface area (Å²) in [4.78, 5) is 14.9. The third kappa shape index (κ3) is 3.83. The summed E-state index contributed by atoms with van der Waals surface area (Å²) >= 11 is 0. The monoisotopic (exact) mass is 378 g/mol. The lowest BCUT2D eigenvalue weighted by atomic mass is 10.1. The standard InChI is InChI=1S/C21H22N4O3/c1-27-17-11-9-16(10-12-17)19(26)22-18(15-7-3-2-4-8-15)20-23-24-21(28-20)25-13-5-6-14-25/h2-4,7-12,18H,5-6,13-14H2,1H3,(H,22,26). The molecular formula is C21H22N4O3. The zero-order valence-electron chi connectivity index (χ0n) is 15.7. The first kappa shape index (κ1) is 18.0. The number of aromatic nitrogens is 2. The predicted octanol–water partition coefficient (Wildman–Crippen LogP) is 3.20. The van der Waals surface area contributed by atoms with Gasteiger partial charge in [0, 0.05) is 18.7 Å². The van der Waals surface area contributed by atoms with Crippen LogP contribution in [0.15, 0.2) is 59.0 Å². The molecule has 1 aromatic heterocycles. The van der Waals surface area contributed by atoms with E-state index in [1.165, 1.54) is 0 Å². The highest BCUT2D eigenvalue weighted by molar-refractivity contribution is 5.94. The van der Waals surface area contributed by atoms with Crippen LogP contribution in [0, 0.1) is 0 Å². The summed E-state index contributed by atoms with van der Waals surface area (Å²) in [6, 6.07) is 16.5. The van der Waals surface area contributed by atoms with Crippen LogP contribution < -0.4 is 15.0 Å². The highest BCUT2D eigenvalue weighted by atomic mass is 16.5. The number of nitrogens with one attached hydrogen (secondary N) is 1. The molecule has 7 nitrogen and oxygen atoms in total. The molecule has 7 heteroatoms. The van der Waals surface area contributed by atoms with Crippen molar-refractivity contribution in [1.82, 2.24) is 15.5 Å². The lowest BCUT2D eigenvalue weighted by Crippen LogP contribution is -2.29. The maximum atomic E-state index is 12.8. The van der Waals surface area contributed by atoms with Crippen molar-refractivity contribution in [3.05, 3.63) is 71.6 Å². The van der Waals surface area contributed by atoms with Crippen molar-refractivity contribution in [3.8, 4) is 5.75 Å². The van der Waals surface area contributed by atoms with E-state index >= 15 is 0 Å². The summed E-state index contributed by atoms with van der Waals surface area (Å²) in [6.45, 7) is 1.83. The summed E-state index contributed by atoms with van der Waals surface area (Å²) in [5.74, 6) is 0.843. The first-order valence-electron chi connectivity index (χ1n) is 9.33. The Morgan fingerprint density at radius 2 is 1.79 bits per heavy atom. The molecule has 28 heavy (non-hydrogen) atoms. The van der Waals surface area contributed by atoms with E-state index in [2.05, 4.69) is 20.4 Å². The maximum absolute atomic E-state index is 12.8. The van der Waals surface area contributed by atoms with E-state index in [1.54, 1.807) is 31.4 Å². The fraction of sp³-hybridized carbons (Fsp3) is 0.286. The number of benzene rings is 2. The fourth-order valence-electron chi connectivity index (χ4n) is 3.27. The van der Waals surface area contributed by atoms with Crippen molar-refractivity contribution in [3.63, 3.8) is 0 Å². The number of hydrogen-bond acceptors (Lipinski definition) is 6. The minimum absolute atomic E-state index is 0.225. The third-order valence-corrected chi connectivity index (χ3v) is 4.81. The number of ether oxygens (including phenoxy) is 1. The first-order chi connectivity index (χ1) is 13.7. The van der Waals surface area contributed by atoms with E-state index in [-0.39, 0.29) is 5.91 Å². The minimum Gasteiger partial charge on any atom is -0.497 e. The Labute approximate surface area is 163 Å². The van der Waals surface area contributed by atoms with E-state index in [9.17, 15) is 4.79 Å². The van der Waals surface area contributed by atoms with Gasteiger partial charge in [-0.1, -0.05) is 35.4 Å². The Kier molecular flexibility index (Phi) is 5.23. The summed E-state index contributed by atoms with van der Waals surface area (Å²) in [7, 11) is 1.59. The van der Waals surface area contributed by atoms with Gasteiger partial charge in [0.1, 0.15) is 11.8 Å². The van der Waals surface area contributed by atoms with Gasteiger partial charge < -0.3 is 19.4 Å². The van der Waals surface area contributed by atoms with E-state index in [0.29, 0.717) is 23.2 Å². The van der Waals surface area contributed by atoms with Crippen molar-refractivity contribution in [2.24, 2.45) is 0 Å². The molecule has 1 aliphatic rings. The van der Waals surface area contributed by atoms with E-state index in [1.807, 2.05) is 30.3 Å². The smallest absolute Gasteiger partial charge is 0.318 e. The molecule has 1 amide bonds. The Bertz CT molecular complexity index is 918. The highest BCUT2D eigenvalue weighted by Crippen LogP contribution is 2.26. The number of anilines is 1. The van der Waals surface area contributed by atoms with Gasteiger partial charge in [0.25, 0.3) is 5.91 Å². The van der Waals surface area contributed by atoms with Crippen LogP contribution >= 0.6 is 0 Å². The predicted molar refractivity (Wildman–Crippen MR) is 104 cm³/mol. The maximum Gasteiger partial charge on any atom is 0.318 e. The summed E-state index contributed by atoms with van der Waals surface area (Å²) in [6.07, 6.45) is 2.24. The summed E-state index contributed by atoms with van der Waals surface area (Å²) in [5.41, 5.74) is 1.40. The number of hydrogen-bond donors (Lipinski definition) is 1. The first-order valence-corrected chi connectivity index (χ1v) is 9.33. The quantitative estimate of drug-likeness (QED) is 0.709. The number of nitrogens with zero attached hydrogens (tertiary/aromatic N) is 3. The van der Waals surface area contributed by atoms with Crippen LogP contribution in [0.2, 0.25) is 0 Å². The number of methoxy groups -OCH3 is 1. The largest absolute Gasteiger partial charge is 0.497 e.